The number of hydrogen-bond acceptors (Lipinski definition) is 2. The van der Waals surface area contributed by atoms with Crippen molar-refractivity contribution >= 4 is 5.57 Å². The average Bonchev–Trinajstić information content (AvgIpc) is 2.46. The van der Waals surface area contributed by atoms with Crippen LogP contribution in [0.2, 0.25) is 0 Å². The first kappa shape index (κ1) is 15.0. The number of allylic oxidation sites excluding steroid dienone is 2. The molecule has 2 nitrogen and oxygen atoms in total. The first-order chi connectivity index (χ1) is 9.63. The van der Waals surface area contributed by atoms with E-state index in [-0.39, 0.29) is 6.10 Å². The third-order valence-electron chi connectivity index (χ3n) is 3.60. The molecule has 1 aromatic carbocycles. The van der Waals surface area contributed by atoms with Gasteiger partial charge in [-0.25, -0.2) is 0 Å². The van der Waals surface area contributed by atoms with Gasteiger partial charge in [-0.05, 0) is 30.9 Å². The normalized spacial score (nSPS) is 23.4. The molecule has 108 valence electrons. The summed E-state index contributed by atoms with van der Waals surface area (Å²) >= 11 is 0. The highest BCUT2D eigenvalue weighted by Crippen LogP contribution is 2.30. The lowest BCUT2D eigenvalue weighted by Crippen LogP contribution is -2.32. The zero-order valence-electron chi connectivity index (χ0n) is 12.4. The number of aliphatic hydroxyl groups is 1. The Morgan fingerprint density at radius 2 is 2.05 bits per heavy atom. The standard InChI is InChI=1S/C18H24O2/c1-3-13-20-15(2)14-18(19)11-9-17(10-12-18)16-7-5-4-6-8-16/h4-11,15,19H,3,12-14H2,1-2H3. The average molecular weight is 272 g/mol. The lowest BCUT2D eigenvalue weighted by molar-refractivity contribution is -0.00554. The zero-order chi connectivity index (χ0) is 14.4. The van der Waals surface area contributed by atoms with E-state index in [1.807, 2.05) is 37.3 Å². The van der Waals surface area contributed by atoms with Crippen LogP contribution in [0, 0.1) is 0 Å². The first-order valence-electron chi connectivity index (χ1n) is 7.42. The van der Waals surface area contributed by atoms with Gasteiger partial charge < -0.3 is 9.84 Å². The fourth-order valence-electron chi connectivity index (χ4n) is 2.54. The van der Waals surface area contributed by atoms with E-state index in [0.29, 0.717) is 12.8 Å². The van der Waals surface area contributed by atoms with Gasteiger partial charge in [0.15, 0.2) is 0 Å². The minimum Gasteiger partial charge on any atom is -0.385 e. The fourth-order valence-corrected chi connectivity index (χ4v) is 2.54. The van der Waals surface area contributed by atoms with Gasteiger partial charge in [-0.3, -0.25) is 0 Å². The van der Waals surface area contributed by atoms with Crippen molar-refractivity contribution in [2.45, 2.75) is 44.8 Å². The van der Waals surface area contributed by atoms with Crippen LogP contribution in [0.25, 0.3) is 5.57 Å². The van der Waals surface area contributed by atoms with E-state index < -0.39 is 5.60 Å². The van der Waals surface area contributed by atoms with Crippen LogP contribution in [0.4, 0.5) is 0 Å². The number of benzene rings is 1. The first-order valence-corrected chi connectivity index (χ1v) is 7.42. The molecule has 20 heavy (non-hydrogen) atoms. The maximum atomic E-state index is 10.6. The summed E-state index contributed by atoms with van der Waals surface area (Å²) in [5.74, 6) is 0. The minimum atomic E-state index is -0.772. The molecule has 0 saturated heterocycles. The van der Waals surface area contributed by atoms with Crippen molar-refractivity contribution in [1.82, 2.24) is 0 Å². The smallest absolute Gasteiger partial charge is 0.0890 e. The van der Waals surface area contributed by atoms with Crippen molar-refractivity contribution in [3.63, 3.8) is 0 Å². The van der Waals surface area contributed by atoms with Gasteiger partial charge in [0.1, 0.15) is 0 Å². The predicted molar refractivity (Wildman–Crippen MR) is 83.4 cm³/mol. The molecule has 1 aliphatic rings. The third-order valence-corrected chi connectivity index (χ3v) is 3.60. The van der Waals surface area contributed by atoms with Gasteiger partial charge in [0.2, 0.25) is 0 Å². The van der Waals surface area contributed by atoms with Crippen LogP contribution in [-0.2, 0) is 4.74 Å². The Balaban J connectivity index is 1.96. The van der Waals surface area contributed by atoms with E-state index in [9.17, 15) is 5.11 Å². The summed E-state index contributed by atoms with van der Waals surface area (Å²) in [7, 11) is 0. The maximum absolute atomic E-state index is 10.6. The van der Waals surface area contributed by atoms with Crippen LogP contribution >= 0.6 is 0 Å². The molecular weight excluding hydrogens is 248 g/mol. The van der Waals surface area contributed by atoms with Gasteiger partial charge in [-0.2, -0.15) is 0 Å². The van der Waals surface area contributed by atoms with E-state index in [4.69, 9.17) is 4.74 Å². The van der Waals surface area contributed by atoms with E-state index in [1.54, 1.807) is 0 Å². The Hall–Kier alpha value is -1.38. The minimum absolute atomic E-state index is 0.0799. The summed E-state index contributed by atoms with van der Waals surface area (Å²) in [5.41, 5.74) is 1.60. The second-order valence-electron chi connectivity index (χ2n) is 5.55. The fraction of sp³-hybridized carbons (Fsp3) is 0.444. The van der Waals surface area contributed by atoms with E-state index in [1.165, 1.54) is 11.1 Å². The van der Waals surface area contributed by atoms with E-state index in [0.717, 1.165) is 13.0 Å². The molecule has 0 radical (unpaired) electrons. The number of ether oxygens (including phenoxy) is 1. The molecule has 0 aromatic heterocycles. The van der Waals surface area contributed by atoms with Gasteiger partial charge in [0.25, 0.3) is 0 Å². The van der Waals surface area contributed by atoms with E-state index >= 15 is 0 Å². The summed E-state index contributed by atoms with van der Waals surface area (Å²) < 4.78 is 5.66. The second kappa shape index (κ2) is 6.87. The summed E-state index contributed by atoms with van der Waals surface area (Å²) in [4.78, 5) is 0. The van der Waals surface area contributed by atoms with Gasteiger partial charge in [0, 0.05) is 13.0 Å². The van der Waals surface area contributed by atoms with Crippen LogP contribution in [0.15, 0.2) is 48.6 Å². The summed E-state index contributed by atoms with van der Waals surface area (Å²) in [5, 5.41) is 10.6. The Morgan fingerprint density at radius 1 is 1.30 bits per heavy atom. The predicted octanol–water partition coefficient (Wildman–Crippen LogP) is 3.97. The Bertz CT molecular complexity index is 475. The SMILES string of the molecule is CCCOC(C)CC1(O)C=CC(c2ccccc2)=CC1. The van der Waals surface area contributed by atoms with Crippen LogP contribution in [0.1, 0.15) is 38.7 Å². The lowest BCUT2D eigenvalue weighted by atomic mass is 9.86. The Morgan fingerprint density at radius 3 is 2.65 bits per heavy atom. The van der Waals surface area contributed by atoms with Crippen LogP contribution in [0.3, 0.4) is 0 Å². The molecule has 2 atom stereocenters. The van der Waals surface area contributed by atoms with Crippen molar-refractivity contribution in [3.05, 3.63) is 54.1 Å². The van der Waals surface area contributed by atoms with Crippen molar-refractivity contribution in [1.29, 1.82) is 0 Å². The molecule has 0 aliphatic heterocycles. The van der Waals surface area contributed by atoms with Gasteiger partial charge in [0.05, 0.1) is 11.7 Å². The maximum Gasteiger partial charge on any atom is 0.0890 e. The molecule has 2 rings (SSSR count). The topological polar surface area (TPSA) is 29.5 Å². The summed E-state index contributed by atoms with van der Waals surface area (Å²) in [6, 6.07) is 10.3. The van der Waals surface area contributed by atoms with Gasteiger partial charge in [-0.15, -0.1) is 0 Å². The highest BCUT2D eigenvalue weighted by molar-refractivity contribution is 5.75. The molecule has 1 aromatic rings. The molecule has 0 fully saturated rings. The van der Waals surface area contributed by atoms with Crippen LogP contribution in [-0.4, -0.2) is 23.4 Å². The molecule has 1 aliphatic carbocycles. The van der Waals surface area contributed by atoms with Crippen molar-refractivity contribution in [3.8, 4) is 0 Å². The van der Waals surface area contributed by atoms with E-state index in [2.05, 4.69) is 25.1 Å². The monoisotopic (exact) mass is 272 g/mol. The summed E-state index contributed by atoms with van der Waals surface area (Å²) in [6.07, 6.45) is 8.43. The van der Waals surface area contributed by atoms with Crippen LogP contribution < -0.4 is 0 Å². The number of hydrogen-bond donors (Lipinski definition) is 1. The number of rotatable bonds is 6. The molecule has 2 heteroatoms. The van der Waals surface area contributed by atoms with Crippen molar-refractivity contribution in [2.24, 2.45) is 0 Å². The molecule has 0 spiro atoms. The summed E-state index contributed by atoms with van der Waals surface area (Å²) in [6.45, 7) is 4.88. The molecule has 0 bridgehead atoms. The molecule has 0 heterocycles. The third kappa shape index (κ3) is 4.06. The molecule has 1 N–H and O–H groups in total. The highest BCUT2D eigenvalue weighted by atomic mass is 16.5. The molecular formula is C18H24O2. The molecule has 0 saturated carbocycles. The quantitative estimate of drug-likeness (QED) is 0.849. The largest absolute Gasteiger partial charge is 0.385 e. The van der Waals surface area contributed by atoms with Crippen molar-refractivity contribution in [2.75, 3.05) is 6.61 Å². The van der Waals surface area contributed by atoms with Gasteiger partial charge >= 0.3 is 0 Å². The molecule has 0 amide bonds. The van der Waals surface area contributed by atoms with Gasteiger partial charge in [-0.1, -0.05) is 55.5 Å². The Labute approximate surface area is 121 Å². The second-order valence-corrected chi connectivity index (χ2v) is 5.55. The van der Waals surface area contributed by atoms with Crippen molar-refractivity contribution < 1.29 is 9.84 Å². The zero-order valence-corrected chi connectivity index (χ0v) is 12.4. The highest BCUT2D eigenvalue weighted by Gasteiger charge is 2.27. The molecule has 2 unspecified atom stereocenters. The Kier molecular flexibility index (Phi) is 5.16. The lowest BCUT2D eigenvalue weighted by Gasteiger charge is -2.29. The van der Waals surface area contributed by atoms with Crippen LogP contribution in [0.5, 0.6) is 0 Å².